The smallest absolute Gasteiger partial charge is 0.407 e. The minimum atomic E-state index is -0.587. The molecule has 0 spiro atoms. The summed E-state index contributed by atoms with van der Waals surface area (Å²) in [5.41, 5.74) is 1.55. The van der Waals surface area contributed by atoms with Crippen LogP contribution in [-0.2, 0) is 4.74 Å². The highest BCUT2D eigenvalue weighted by molar-refractivity contribution is 5.92. The zero-order chi connectivity index (χ0) is 23.8. The Morgan fingerprint density at radius 1 is 1.30 bits per heavy atom. The molecule has 1 saturated heterocycles. The molecule has 33 heavy (non-hydrogen) atoms. The van der Waals surface area contributed by atoms with Gasteiger partial charge in [0.2, 0.25) is 0 Å². The van der Waals surface area contributed by atoms with Crippen LogP contribution in [0.15, 0.2) is 36.4 Å². The number of amides is 1. The molecule has 178 valence electrons. The van der Waals surface area contributed by atoms with E-state index in [9.17, 15) is 14.3 Å². The van der Waals surface area contributed by atoms with Crippen molar-refractivity contribution in [2.45, 2.75) is 40.2 Å². The largest absolute Gasteiger partial charge is 0.507 e. The highest BCUT2D eigenvalue weighted by atomic mass is 19.1. The number of hydrogen-bond donors (Lipinski definition) is 2. The molecule has 1 aliphatic rings. The predicted molar refractivity (Wildman–Crippen MR) is 130 cm³/mol. The number of halogens is 1. The Kier molecular flexibility index (Phi) is 6.10. The van der Waals surface area contributed by atoms with Gasteiger partial charge in [-0.3, -0.25) is 0 Å². The number of aryl methyl sites for hydroxylation is 1. The molecule has 7 nitrogen and oxygen atoms in total. The molecular weight excluding hydrogens is 423 g/mol. The fourth-order valence-corrected chi connectivity index (χ4v) is 3.87. The average molecular weight is 457 g/mol. The van der Waals surface area contributed by atoms with Gasteiger partial charge in [-0.25, -0.2) is 19.2 Å². The van der Waals surface area contributed by atoms with Gasteiger partial charge in [0, 0.05) is 21.3 Å². The zero-order valence-corrected chi connectivity index (χ0v) is 19.4. The highest BCUT2D eigenvalue weighted by Gasteiger charge is 2.28. The minimum Gasteiger partial charge on any atom is -0.507 e. The quantitative estimate of drug-likeness (QED) is 0.554. The fourth-order valence-electron chi connectivity index (χ4n) is 3.87. The third-order valence-electron chi connectivity index (χ3n) is 5.49. The molecule has 1 aliphatic heterocycles. The molecule has 1 aromatic heterocycles. The number of aromatic nitrogens is 2. The number of aromatic hydroxyl groups is 1. The van der Waals surface area contributed by atoms with Gasteiger partial charge in [0.05, 0.1) is 23.7 Å². The van der Waals surface area contributed by atoms with Crippen LogP contribution in [0.2, 0.25) is 0 Å². The topological polar surface area (TPSA) is 87.6 Å². The molecule has 0 aliphatic carbocycles. The van der Waals surface area contributed by atoms with Crippen molar-refractivity contribution in [1.82, 2.24) is 15.3 Å². The maximum Gasteiger partial charge on any atom is 0.407 e. The molecule has 8 heteroatoms. The molecular formula is C25H33FN4O3. The number of phenolic OH excluding ortho intramolecular Hbond substituents is 1. The van der Waals surface area contributed by atoms with Crippen molar-refractivity contribution in [3.63, 3.8) is 0 Å². The van der Waals surface area contributed by atoms with Gasteiger partial charge in [0.1, 0.15) is 17.4 Å². The van der Waals surface area contributed by atoms with E-state index in [-0.39, 0.29) is 31.4 Å². The van der Waals surface area contributed by atoms with E-state index in [2.05, 4.69) is 20.2 Å². The first-order valence-electron chi connectivity index (χ1n) is 11.1. The summed E-state index contributed by atoms with van der Waals surface area (Å²) >= 11 is 0. The maximum atomic E-state index is 14.6. The first-order valence-corrected chi connectivity index (χ1v) is 11.1. The maximum absolute atomic E-state index is 14.6. The number of hydrogen-bond acceptors (Lipinski definition) is 6. The zero-order valence-electron chi connectivity index (χ0n) is 19.4. The molecule has 0 bridgehead atoms. The molecule has 2 N–H and O–H groups in total. The Labute approximate surface area is 195 Å². The number of anilines is 1. The van der Waals surface area contributed by atoms with Gasteiger partial charge in [-0.05, 0) is 48.6 Å². The standard InChI is InChI=1S/C25H29FN4O3.2H2/c1-15-8-9-17-19(12-15)28-22(21-18(26)6-5-7-20(21)31)29-23(17)30-11-10-16(13-30)27-24(32)33-14-25(2,3)4;;/h5-9,12,16,31H,10-11,13-14H2,1-4H3,(H,27,32);2*1H/t16-;;/m1../s1. The molecule has 0 saturated carbocycles. The average Bonchev–Trinajstić information content (AvgIpc) is 3.19. The summed E-state index contributed by atoms with van der Waals surface area (Å²) in [4.78, 5) is 23.5. The van der Waals surface area contributed by atoms with Crippen LogP contribution in [0.1, 0.15) is 35.6 Å². The lowest BCUT2D eigenvalue weighted by atomic mass is 9.99. The minimum absolute atomic E-state index is 0. The summed E-state index contributed by atoms with van der Waals surface area (Å²) in [6.45, 7) is 9.50. The van der Waals surface area contributed by atoms with E-state index in [1.54, 1.807) is 0 Å². The second-order valence-corrected chi connectivity index (χ2v) is 9.74. The molecule has 2 heterocycles. The summed E-state index contributed by atoms with van der Waals surface area (Å²) in [7, 11) is 0. The number of carbonyl (C=O) groups excluding carboxylic acids is 1. The van der Waals surface area contributed by atoms with Gasteiger partial charge in [0.25, 0.3) is 0 Å². The van der Waals surface area contributed by atoms with Crippen LogP contribution in [0.3, 0.4) is 0 Å². The van der Waals surface area contributed by atoms with Crippen molar-refractivity contribution in [1.29, 1.82) is 0 Å². The van der Waals surface area contributed by atoms with E-state index in [0.29, 0.717) is 31.0 Å². The second-order valence-electron chi connectivity index (χ2n) is 9.74. The second kappa shape index (κ2) is 8.84. The summed E-state index contributed by atoms with van der Waals surface area (Å²) in [5, 5.41) is 14.0. The number of rotatable bonds is 4. The fraction of sp³-hybridized carbons (Fsp3) is 0.400. The van der Waals surface area contributed by atoms with Crippen LogP contribution < -0.4 is 10.2 Å². The van der Waals surface area contributed by atoms with Crippen molar-refractivity contribution in [3.8, 4) is 17.1 Å². The van der Waals surface area contributed by atoms with Crippen molar-refractivity contribution in [2.24, 2.45) is 5.41 Å². The Bertz CT molecular complexity index is 1180. The monoisotopic (exact) mass is 456 g/mol. The lowest BCUT2D eigenvalue weighted by Crippen LogP contribution is -2.38. The van der Waals surface area contributed by atoms with Gasteiger partial charge >= 0.3 is 6.09 Å². The van der Waals surface area contributed by atoms with E-state index >= 15 is 0 Å². The first kappa shape index (κ1) is 22.8. The molecule has 1 fully saturated rings. The normalized spacial score (nSPS) is 16.3. The van der Waals surface area contributed by atoms with E-state index in [1.165, 1.54) is 18.2 Å². The first-order chi connectivity index (χ1) is 15.6. The van der Waals surface area contributed by atoms with Gasteiger partial charge < -0.3 is 20.1 Å². The number of ether oxygens (including phenoxy) is 1. The van der Waals surface area contributed by atoms with Gasteiger partial charge in [-0.1, -0.05) is 32.9 Å². The lowest BCUT2D eigenvalue weighted by Gasteiger charge is -2.22. The number of alkyl carbamates (subject to hydrolysis) is 1. The Morgan fingerprint density at radius 2 is 2.09 bits per heavy atom. The van der Waals surface area contributed by atoms with Crippen molar-refractivity contribution < 1.29 is 21.9 Å². The number of benzene rings is 2. The van der Waals surface area contributed by atoms with Crippen LogP contribution in [0.4, 0.5) is 15.0 Å². The third-order valence-corrected chi connectivity index (χ3v) is 5.49. The number of nitrogens with zero attached hydrogens (tertiary/aromatic N) is 3. The number of fused-ring (bicyclic) bond motifs is 1. The molecule has 1 atom stereocenters. The number of phenols is 1. The predicted octanol–water partition coefficient (Wildman–Crippen LogP) is 5.29. The van der Waals surface area contributed by atoms with Gasteiger partial charge in [0.15, 0.2) is 5.82 Å². The summed E-state index contributed by atoms with van der Waals surface area (Å²) in [6, 6.07) is 9.87. The van der Waals surface area contributed by atoms with Crippen LogP contribution in [0.25, 0.3) is 22.3 Å². The molecule has 1 amide bonds. The molecule has 0 unspecified atom stereocenters. The Morgan fingerprint density at radius 3 is 2.82 bits per heavy atom. The van der Waals surface area contributed by atoms with Crippen molar-refractivity contribution in [3.05, 3.63) is 47.8 Å². The lowest BCUT2D eigenvalue weighted by molar-refractivity contribution is 0.104. The molecule has 4 rings (SSSR count). The summed E-state index contributed by atoms with van der Waals surface area (Å²) < 4.78 is 19.9. The Hall–Kier alpha value is -3.42. The van der Waals surface area contributed by atoms with E-state index < -0.39 is 11.9 Å². The van der Waals surface area contributed by atoms with Crippen LogP contribution in [0, 0.1) is 18.2 Å². The van der Waals surface area contributed by atoms with Crippen LogP contribution in [0.5, 0.6) is 5.75 Å². The van der Waals surface area contributed by atoms with Gasteiger partial charge in [-0.2, -0.15) is 0 Å². The number of carbonyl (C=O) groups is 1. The third kappa shape index (κ3) is 5.16. The summed E-state index contributed by atoms with van der Waals surface area (Å²) in [5.74, 6) is -0.0317. The Balaban J connectivity index is 0.00000216. The molecule has 2 aromatic carbocycles. The van der Waals surface area contributed by atoms with Crippen LogP contribution in [-0.4, -0.2) is 46.9 Å². The molecule has 3 aromatic rings. The number of nitrogens with one attached hydrogen (secondary N) is 1. The van der Waals surface area contributed by atoms with E-state index in [1.807, 2.05) is 45.9 Å². The highest BCUT2D eigenvalue weighted by Crippen LogP contribution is 2.34. The van der Waals surface area contributed by atoms with Gasteiger partial charge in [-0.15, -0.1) is 0 Å². The SMILES string of the molecule is Cc1ccc2c(N3CC[C@@H](NC(=O)OCC(C)(C)C)C3)nc(-c3c(O)cccc3F)nc2c1.[HH].[HH]. The summed E-state index contributed by atoms with van der Waals surface area (Å²) in [6.07, 6.45) is 0.291. The molecule has 0 radical (unpaired) electrons. The van der Waals surface area contributed by atoms with E-state index in [4.69, 9.17) is 4.74 Å². The van der Waals surface area contributed by atoms with E-state index in [0.717, 1.165) is 17.4 Å². The van der Waals surface area contributed by atoms with Crippen molar-refractivity contribution >= 4 is 22.8 Å². The van der Waals surface area contributed by atoms with Crippen LogP contribution >= 0.6 is 0 Å². The van der Waals surface area contributed by atoms with Crippen molar-refractivity contribution in [2.75, 3.05) is 24.6 Å².